The Morgan fingerprint density at radius 1 is 1.00 bits per heavy atom. The zero-order valence-corrected chi connectivity index (χ0v) is 17.2. The molecule has 1 amide bonds. The molecule has 0 aliphatic carbocycles. The van der Waals surface area contributed by atoms with Gasteiger partial charge in [0.1, 0.15) is 5.69 Å². The van der Waals surface area contributed by atoms with Crippen molar-refractivity contribution < 1.29 is 9.32 Å². The van der Waals surface area contributed by atoms with Crippen molar-refractivity contribution in [1.82, 2.24) is 25.2 Å². The van der Waals surface area contributed by atoms with Gasteiger partial charge in [-0.05, 0) is 35.0 Å². The van der Waals surface area contributed by atoms with Gasteiger partial charge in [-0.1, -0.05) is 35.5 Å². The number of amides is 1. The van der Waals surface area contributed by atoms with Crippen molar-refractivity contribution in [2.45, 2.75) is 6.54 Å². The van der Waals surface area contributed by atoms with Crippen LogP contribution in [0.15, 0.2) is 76.1 Å². The van der Waals surface area contributed by atoms with Crippen molar-refractivity contribution in [1.29, 1.82) is 0 Å². The number of thiophene rings is 2. The number of para-hydroxylation sites is 1. The summed E-state index contributed by atoms with van der Waals surface area (Å²) < 4.78 is 6.98. The zero-order valence-electron chi connectivity index (χ0n) is 15.6. The Bertz CT molecular complexity index is 1260. The minimum atomic E-state index is -0.253. The van der Waals surface area contributed by atoms with Crippen molar-refractivity contribution in [3.63, 3.8) is 0 Å². The predicted octanol–water partition coefficient (Wildman–Crippen LogP) is 4.64. The molecule has 5 rings (SSSR count). The van der Waals surface area contributed by atoms with Gasteiger partial charge in [0.15, 0.2) is 0 Å². The molecule has 148 valence electrons. The second-order valence-corrected chi connectivity index (χ2v) is 8.22. The maximum Gasteiger partial charge on any atom is 0.255 e. The third kappa shape index (κ3) is 3.68. The van der Waals surface area contributed by atoms with Gasteiger partial charge in [-0.3, -0.25) is 4.79 Å². The van der Waals surface area contributed by atoms with Crippen molar-refractivity contribution in [2.75, 3.05) is 0 Å². The van der Waals surface area contributed by atoms with Crippen LogP contribution in [-0.2, 0) is 6.54 Å². The van der Waals surface area contributed by atoms with Gasteiger partial charge in [0, 0.05) is 6.20 Å². The van der Waals surface area contributed by atoms with Crippen LogP contribution >= 0.6 is 22.7 Å². The molecule has 1 N–H and O–H groups in total. The standard InChI is InChI=1S/C21H15N5O2S2/c27-21(22-12-18-23-20(25-28-18)17-9-5-11-30-17)15-13-26(14-6-2-1-3-7-14)24-19(15)16-8-4-10-29-16/h1-11,13H,12H2,(H,22,27). The molecule has 0 bridgehead atoms. The summed E-state index contributed by atoms with van der Waals surface area (Å²) in [6, 6.07) is 17.4. The molecule has 9 heteroatoms. The fourth-order valence-electron chi connectivity index (χ4n) is 2.93. The highest BCUT2D eigenvalue weighted by Crippen LogP contribution is 2.28. The monoisotopic (exact) mass is 433 g/mol. The molecule has 4 aromatic heterocycles. The van der Waals surface area contributed by atoms with Gasteiger partial charge < -0.3 is 9.84 Å². The number of carbonyl (C=O) groups excluding carboxylic acids is 1. The zero-order chi connectivity index (χ0) is 20.3. The summed E-state index contributed by atoms with van der Waals surface area (Å²) in [4.78, 5) is 19.1. The quantitative estimate of drug-likeness (QED) is 0.422. The number of carbonyl (C=O) groups is 1. The average molecular weight is 434 g/mol. The van der Waals surface area contributed by atoms with Gasteiger partial charge in [-0.2, -0.15) is 10.1 Å². The van der Waals surface area contributed by atoms with Crippen LogP contribution in [0.5, 0.6) is 0 Å². The molecular formula is C21H15N5O2S2. The number of hydrogen-bond acceptors (Lipinski definition) is 7. The lowest BCUT2D eigenvalue weighted by Crippen LogP contribution is -2.23. The van der Waals surface area contributed by atoms with Gasteiger partial charge >= 0.3 is 0 Å². The van der Waals surface area contributed by atoms with E-state index in [1.807, 2.05) is 65.4 Å². The number of hydrogen-bond donors (Lipinski definition) is 1. The molecule has 5 aromatic rings. The largest absolute Gasteiger partial charge is 0.343 e. The fraction of sp³-hybridized carbons (Fsp3) is 0.0476. The Balaban J connectivity index is 1.39. The molecule has 4 heterocycles. The highest BCUT2D eigenvalue weighted by molar-refractivity contribution is 7.13. The van der Waals surface area contributed by atoms with E-state index in [0.29, 0.717) is 23.0 Å². The van der Waals surface area contributed by atoms with Crippen LogP contribution in [0.25, 0.3) is 27.0 Å². The van der Waals surface area contributed by atoms with Crippen LogP contribution in [0, 0.1) is 0 Å². The van der Waals surface area contributed by atoms with E-state index in [-0.39, 0.29) is 12.5 Å². The Labute approximate surface area is 179 Å². The first-order valence-corrected chi connectivity index (χ1v) is 10.9. The fourth-order valence-corrected chi connectivity index (χ4v) is 4.30. The van der Waals surface area contributed by atoms with Crippen LogP contribution in [0.2, 0.25) is 0 Å². The van der Waals surface area contributed by atoms with Gasteiger partial charge in [0.05, 0.1) is 27.5 Å². The van der Waals surface area contributed by atoms with E-state index in [0.717, 1.165) is 15.4 Å². The first-order chi connectivity index (χ1) is 14.8. The van der Waals surface area contributed by atoms with E-state index in [9.17, 15) is 4.79 Å². The molecule has 0 spiro atoms. The van der Waals surface area contributed by atoms with E-state index < -0.39 is 0 Å². The lowest BCUT2D eigenvalue weighted by molar-refractivity contribution is 0.0947. The number of rotatable bonds is 6. The van der Waals surface area contributed by atoms with E-state index in [4.69, 9.17) is 4.52 Å². The predicted molar refractivity (Wildman–Crippen MR) is 116 cm³/mol. The first-order valence-electron chi connectivity index (χ1n) is 9.11. The molecule has 0 saturated heterocycles. The summed E-state index contributed by atoms with van der Waals surface area (Å²) in [5.74, 6) is 0.613. The molecule has 0 fully saturated rings. The highest BCUT2D eigenvalue weighted by Gasteiger charge is 2.20. The lowest BCUT2D eigenvalue weighted by Gasteiger charge is -2.01. The molecule has 0 unspecified atom stereocenters. The minimum Gasteiger partial charge on any atom is -0.343 e. The number of benzene rings is 1. The van der Waals surface area contributed by atoms with Gasteiger partial charge in [-0.15, -0.1) is 22.7 Å². The van der Waals surface area contributed by atoms with Crippen molar-refractivity contribution >= 4 is 28.6 Å². The Morgan fingerprint density at radius 2 is 1.77 bits per heavy atom. The van der Waals surface area contributed by atoms with E-state index in [2.05, 4.69) is 20.6 Å². The van der Waals surface area contributed by atoms with Crippen molar-refractivity contribution in [2.24, 2.45) is 0 Å². The van der Waals surface area contributed by atoms with Gasteiger partial charge in [0.2, 0.25) is 11.7 Å². The van der Waals surface area contributed by atoms with E-state index >= 15 is 0 Å². The Kier molecular flexibility index (Phi) is 4.96. The molecule has 0 atom stereocenters. The van der Waals surface area contributed by atoms with Crippen LogP contribution in [-0.4, -0.2) is 25.8 Å². The second-order valence-electron chi connectivity index (χ2n) is 6.32. The summed E-state index contributed by atoms with van der Waals surface area (Å²) in [5.41, 5.74) is 2.00. The molecule has 0 aliphatic rings. The SMILES string of the molecule is O=C(NCc1nc(-c2cccs2)no1)c1cn(-c2ccccc2)nc1-c1cccs1. The minimum absolute atomic E-state index is 0.137. The first kappa shape index (κ1) is 18.5. The number of nitrogens with zero attached hydrogens (tertiary/aromatic N) is 4. The average Bonchev–Trinajstić information content (AvgIpc) is 3.57. The van der Waals surface area contributed by atoms with Crippen molar-refractivity contribution in [3.8, 4) is 27.0 Å². The third-order valence-corrected chi connectivity index (χ3v) is 6.09. The summed E-state index contributed by atoms with van der Waals surface area (Å²) in [7, 11) is 0. The molecule has 0 aliphatic heterocycles. The van der Waals surface area contributed by atoms with Crippen LogP contribution in [0.3, 0.4) is 0 Å². The Hall–Kier alpha value is -3.56. The molecule has 30 heavy (non-hydrogen) atoms. The highest BCUT2D eigenvalue weighted by atomic mass is 32.1. The summed E-state index contributed by atoms with van der Waals surface area (Å²) in [5, 5.41) is 15.4. The normalized spacial score (nSPS) is 10.9. The lowest BCUT2D eigenvalue weighted by atomic mass is 10.2. The summed E-state index contributed by atoms with van der Waals surface area (Å²) in [6.45, 7) is 0.137. The van der Waals surface area contributed by atoms with Gasteiger partial charge in [0.25, 0.3) is 5.91 Å². The van der Waals surface area contributed by atoms with Gasteiger partial charge in [-0.25, -0.2) is 4.68 Å². The van der Waals surface area contributed by atoms with Crippen LogP contribution in [0.4, 0.5) is 0 Å². The molecule has 0 radical (unpaired) electrons. The number of aromatic nitrogens is 4. The third-order valence-electron chi connectivity index (χ3n) is 4.34. The maximum atomic E-state index is 13.0. The van der Waals surface area contributed by atoms with E-state index in [1.165, 1.54) is 22.7 Å². The summed E-state index contributed by atoms with van der Waals surface area (Å²) >= 11 is 3.07. The molecule has 0 saturated carbocycles. The van der Waals surface area contributed by atoms with Crippen LogP contribution in [0.1, 0.15) is 16.2 Å². The molecular weight excluding hydrogens is 418 g/mol. The second kappa shape index (κ2) is 8.05. The summed E-state index contributed by atoms with van der Waals surface area (Å²) in [6.07, 6.45) is 1.74. The Morgan fingerprint density at radius 3 is 2.50 bits per heavy atom. The maximum absolute atomic E-state index is 13.0. The van der Waals surface area contributed by atoms with E-state index in [1.54, 1.807) is 10.9 Å². The topological polar surface area (TPSA) is 85.8 Å². The number of nitrogens with one attached hydrogen (secondary N) is 1. The molecule has 7 nitrogen and oxygen atoms in total. The van der Waals surface area contributed by atoms with Crippen LogP contribution < -0.4 is 5.32 Å². The van der Waals surface area contributed by atoms with Crippen molar-refractivity contribution in [3.05, 3.63) is 83.0 Å². The smallest absolute Gasteiger partial charge is 0.255 e. The molecule has 1 aromatic carbocycles.